The van der Waals surface area contributed by atoms with E-state index in [2.05, 4.69) is 0 Å². The third kappa shape index (κ3) is 3.78. The normalized spacial score (nSPS) is 10.5. The number of pyridine rings is 1. The van der Waals surface area contributed by atoms with E-state index in [0.717, 1.165) is 24.5 Å². The predicted molar refractivity (Wildman–Crippen MR) is 82.1 cm³/mol. The van der Waals surface area contributed by atoms with Crippen molar-refractivity contribution in [3.63, 3.8) is 0 Å². The number of esters is 3. The van der Waals surface area contributed by atoms with Crippen LogP contribution in [-0.4, -0.2) is 22.5 Å². The monoisotopic (exact) mass is 333 g/mol. The molecule has 1 aromatic heterocycles. The summed E-state index contributed by atoms with van der Waals surface area (Å²) < 4.78 is 15.9. The van der Waals surface area contributed by atoms with Gasteiger partial charge in [-0.15, -0.1) is 0 Å². The first-order chi connectivity index (χ1) is 11.3. The van der Waals surface area contributed by atoms with Crippen LogP contribution in [0.4, 0.5) is 0 Å². The van der Waals surface area contributed by atoms with E-state index in [1.807, 2.05) is 0 Å². The maximum Gasteiger partial charge on any atom is 0.338 e. The number of hydrogen-bond acceptors (Lipinski definition) is 7. The lowest BCUT2D eigenvalue weighted by atomic mass is 10.2. The highest BCUT2D eigenvalue weighted by molar-refractivity contribution is 5.87. The molecule has 0 amide bonds. The van der Waals surface area contributed by atoms with Crippen molar-refractivity contribution >= 4 is 28.8 Å². The molecule has 8 heteroatoms. The number of nitrogens with zero attached hydrogens (tertiary/aromatic N) is 1. The maximum absolute atomic E-state index is 12.4. The number of carbonyl (C=O) groups is 3. The van der Waals surface area contributed by atoms with Crippen molar-refractivity contribution in [2.75, 3.05) is 0 Å². The van der Waals surface area contributed by atoms with Crippen LogP contribution in [0.25, 0.3) is 10.9 Å². The fraction of sp³-hybridized carbons (Fsp3) is 0.250. The molecule has 1 heterocycles. The molecule has 0 unspecified atom stereocenters. The Balaban J connectivity index is 2.71. The Labute approximate surface area is 136 Å². The predicted octanol–water partition coefficient (Wildman–Crippen LogP) is 1.51. The Hall–Kier alpha value is -3.16. The van der Waals surface area contributed by atoms with Crippen LogP contribution in [0.5, 0.6) is 5.75 Å². The van der Waals surface area contributed by atoms with E-state index in [9.17, 15) is 19.2 Å². The Morgan fingerprint density at radius 1 is 0.958 bits per heavy atom. The Morgan fingerprint density at radius 2 is 1.54 bits per heavy atom. The van der Waals surface area contributed by atoms with Gasteiger partial charge in [0, 0.05) is 32.2 Å². The molecule has 2 aromatic rings. The van der Waals surface area contributed by atoms with Crippen molar-refractivity contribution in [3.05, 3.63) is 40.7 Å². The van der Waals surface area contributed by atoms with Gasteiger partial charge < -0.3 is 14.2 Å². The Morgan fingerprint density at radius 3 is 2.08 bits per heavy atom. The standard InChI is InChI=1S/C16H15NO7/c1-9(18)22-14-8-15(21)17(13-7-5-4-6-12(13)14)16(23-10(2)19)24-11(3)20/h4-8,16H,1-3H3. The SMILES string of the molecule is CC(=O)Oc1cc(=O)n(C(OC(C)=O)OC(C)=O)c2ccccc12. The Bertz CT molecular complexity index is 852. The molecule has 0 aliphatic rings. The molecule has 0 spiro atoms. The molecule has 24 heavy (non-hydrogen) atoms. The highest BCUT2D eigenvalue weighted by Gasteiger charge is 2.23. The summed E-state index contributed by atoms with van der Waals surface area (Å²) in [5.74, 6) is -2.00. The van der Waals surface area contributed by atoms with Gasteiger partial charge in [-0.25, -0.2) is 4.57 Å². The van der Waals surface area contributed by atoms with Gasteiger partial charge in [0.05, 0.1) is 5.52 Å². The first-order valence-electron chi connectivity index (χ1n) is 6.96. The molecule has 0 saturated carbocycles. The summed E-state index contributed by atoms with van der Waals surface area (Å²) in [6, 6.07) is 7.53. The smallest absolute Gasteiger partial charge is 0.338 e. The molecule has 2 rings (SSSR count). The lowest BCUT2D eigenvalue weighted by Crippen LogP contribution is -2.30. The summed E-state index contributed by atoms with van der Waals surface area (Å²) in [5.41, 5.74) is -0.397. The number of hydrogen-bond donors (Lipinski definition) is 0. The molecular weight excluding hydrogens is 318 g/mol. The zero-order valence-electron chi connectivity index (χ0n) is 13.3. The lowest BCUT2D eigenvalue weighted by Gasteiger charge is -2.21. The van der Waals surface area contributed by atoms with E-state index in [-0.39, 0.29) is 11.3 Å². The number of benzene rings is 1. The van der Waals surface area contributed by atoms with E-state index in [1.165, 1.54) is 6.92 Å². The molecule has 1 aromatic carbocycles. The third-order valence-corrected chi connectivity index (χ3v) is 2.92. The summed E-state index contributed by atoms with van der Waals surface area (Å²) in [6.45, 7) is 3.45. The maximum atomic E-state index is 12.4. The van der Waals surface area contributed by atoms with Crippen molar-refractivity contribution in [3.8, 4) is 5.75 Å². The van der Waals surface area contributed by atoms with Crippen LogP contribution < -0.4 is 10.3 Å². The van der Waals surface area contributed by atoms with Gasteiger partial charge >= 0.3 is 24.3 Å². The number of ether oxygens (including phenoxy) is 3. The minimum Gasteiger partial charge on any atom is -0.426 e. The van der Waals surface area contributed by atoms with Crippen LogP contribution in [-0.2, 0) is 23.9 Å². The first kappa shape index (κ1) is 17.2. The minimum absolute atomic E-state index is 0.0590. The minimum atomic E-state index is -1.57. The quantitative estimate of drug-likeness (QED) is 0.617. The van der Waals surface area contributed by atoms with Crippen LogP contribution in [0.2, 0.25) is 0 Å². The molecule has 0 atom stereocenters. The number of rotatable bonds is 4. The van der Waals surface area contributed by atoms with Crippen LogP contribution in [0.3, 0.4) is 0 Å². The molecule has 0 saturated heterocycles. The van der Waals surface area contributed by atoms with Crippen LogP contribution in [0.1, 0.15) is 27.2 Å². The van der Waals surface area contributed by atoms with E-state index < -0.39 is 29.9 Å². The highest BCUT2D eigenvalue weighted by Crippen LogP contribution is 2.26. The first-order valence-corrected chi connectivity index (χ1v) is 6.96. The van der Waals surface area contributed by atoms with Gasteiger partial charge in [0.25, 0.3) is 5.56 Å². The number of aromatic nitrogens is 1. The van der Waals surface area contributed by atoms with Gasteiger partial charge in [0.15, 0.2) is 0 Å². The molecule has 126 valence electrons. The van der Waals surface area contributed by atoms with E-state index in [0.29, 0.717) is 5.39 Å². The molecular formula is C16H15NO7. The van der Waals surface area contributed by atoms with Crippen LogP contribution in [0, 0.1) is 0 Å². The topological polar surface area (TPSA) is 101 Å². The summed E-state index contributed by atoms with van der Waals surface area (Å²) in [5, 5.41) is 0.414. The van der Waals surface area contributed by atoms with Gasteiger partial charge in [-0.1, -0.05) is 12.1 Å². The molecule has 0 aliphatic heterocycles. The Kier molecular flexibility index (Phi) is 4.98. The highest BCUT2D eigenvalue weighted by atomic mass is 16.7. The van der Waals surface area contributed by atoms with Crippen molar-refractivity contribution in [1.82, 2.24) is 4.57 Å². The van der Waals surface area contributed by atoms with Crippen molar-refractivity contribution in [2.45, 2.75) is 27.2 Å². The number of fused-ring (bicyclic) bond motifs is 1. The molecule has 0 radical (unpaired) electrons. The number of carbonyl (C=O) groups excluding carboxylic acids is 3. The third-order valence-electron chi connectivity index (χ3n) is 2.92. The number of para-hydroxylation sites is 1. The van der Waals surface area contributed by atoms with Gasteiger partial charge in [-0.05, 0) is 12.1 Å². The molecule has 0 bridgehead atoms. The van der Waals surface area contributed by atoms with Crippen LogP contribution >= 0.6 is 0 Å². The lowest BCUT2D eigenvalue weighted by molar-refractivity contribution is -0.202. The zero-order chi connectivity index (χ0) is 17.9. The van der Waals surface area contributed by atoms with Crippen molar-refractivity contribution in [2.24, 2.45) is 0 Å². The second-order valence-electron chi connectivity index (χ2n) is 4.85. The van der Waals surface area contributed by atoms with Gasteiger partial charge in [-0.2, -0.15) is 0 Å². The van der Waals surface area contributed by atoms with Gasteiger partial charge in [0.1, 0.15) is 5.75 Å². The van der Waals surface area contributed by atoms with Crippen molar-refractivity contribution < 1.29 is 28.6 Å². The van der Waals surface area contributed by atoms with Gasteiger partial charge in [0.2, 0.25) is 0 Å². The zero-order valence-corrected chi connectivity index (χ0v) is 13.3. The fourth-order valence-electron chi connectivity index (χ4n) is 2.14. The average Bonchev–Trinajstić information content (AvgIpc) is 2.45. The van der Waals surface area contributed by atoms with Gasteiger partial charge in [-0.3, -0.25) is 19.2 Å². The molecule has 8 nitrogen and oxygen atoms in total. The summed E-state index contributed by atoms with van der Waals surface area (Å²) in [6.07, 6.45) is -1.57. The second-order valence-corrected chi connectivity index (χ2v) is 4.85. The molecule has 0 N–H and O–H groups in total. The summed E-state index contributed by atoms with van der Waals surface area (Å²) >= 11 is 0. The van der Waals surface area contributed by atoms with E-state index in [4.69, 9.17) is 14.2 Å². The van der Waals surface area contributed by atoms with Crippen LogP contribution in [0.15, 0.2) is 35.1 Å². The van der Waals surface area contributed by atoms with Crippen molar-refractivity contribution in [1.29, 1.82) is 0 Å². The largest absolute Gasteiger partial charge is 0.426 e. The molecule has 0 aliphatic carbocycles. The second kappa shape index (κ2) is 6.95. The fourth-order valence-corrected chi connectivity index (χ4v) is 2.14. The summed E-state index contributed by atoms with van der Waals surface area (Å²) in [4.78, 5) is 46.2. The van der Waals surface area contributed by atoms with E-state index >= 15 is 0 Å². The average molecular weight is 333 g/mol. The molecule has 0 fully saturated rings. The van der Waals surface area contributed by atoms with E-state index in [1.54, 1.807) is 24.3 Å². The summed E-state index contributed by atoms with van der Waals surface area (Å²) in [7, 11) is 0.